The van der Waals surface area contributed by atoms with Gasteiger partial charge in [0.2, 0.25) is 0 Å². The smallest absolute Gasteiger partial charge is 0.00949 e. The van der Waals surface area contributed by atoms with Gasteiger partial charge in [0.25, 0.3) is 0 Å². The van der Waals surface area contributed by atoms with Gasteiger partial charge in [-0.2, -0.15) is 0 Å². The molecule has 2 unspecified atom stereocenters. The van der Waals surface area contributed by atoms with Gasteiger partial charge in [-0.1, -0.05) is 0 Å². The molecule has 0 bridgehead atoms. The van der Waals surface area contributed by atoms with Crippen LogP contribution in [0.2, 0.25) is 0 Å². The van der Waals surface area contributed by atoms with Crippen molar-refractivity contribution in [1.82, 2.24) is 0 Å². The molecular weight excluding hydrogens is 86.1 g/mol. The normalized spacial score (nSPS) is 46.6. The van der Waals surface area contributed by atoms with E-state index >= 15 is 0 Å². The molecule has 0 heterocycles. The fourth-order valence-electron chi connectivity index (χ4n) is 1.53. The Kier molecular flexibility index (Phi) is 0.473. The van der Waals surface area contributed by atoms with Gasteiger partial charge >= 0.3 is 0 Å². The Bertz CT molecular complexity index is 105. The van der Waals surface area contributed by atoms with Crippen LogP contribution in [-0.4, -0.2) is 5.71 Å². The summed E-state index contributed by atoms with van der Waals surface area (Å²) in [6.45, 7) is 0. The molecule has 38 valence electrons. The van der Waals surface area contributed by atoms with E-state index in [4.69, 9.17) is 5.41 Å². The molecule has 2 rings (SSSR count). The number of rotatable bonds is 0. The van der Waals surface area contributed by atoms with Gasteiger partial charge in [0.05, 0.1) is 0 Å². The highest BCUT2D eigenvalue weighted by atomic mass is 14.6. The largest absolute Gasteiger partial charge is 0.310 e. The first kappa shape index (κ1) is 3.65. The highest BCUT2D eigenvalue weighted by molar-refractivity contribution is 5.85. The van der Waals surface area contributed by atoms with Crippen LogP contribution in [0.15, 0.2) is 0 Å². The summed E-state index contributed by atoms with van der Waals surface area (Å²) in [5.41, 5.74) is 1.00. The second-order valence-electron chi connectivity index (χ2n) is 2.77. The molecule has 2 saturated carbocycles. The summed E-state index contributed by atoms with van der Waals surface area (Å²) in [4.78, 5) is 0. The van der Waals surface area contributed by atoms with E-state index in [2.05, 4.69) is 0 Å². The summed E-state index contributed by atoms with van der Waals surface area (Å²) >= 11 is 0. The second-order valence-corrected chi connectivity index (χ2v) is 2.77. The standard InChI is InChI=1S/C6H9N/c7-6-2-4-1-5(4)3-6/h4-5,7H,1-3H2. The van der Waals surface area contributed by atoms with Crippen molar-refractivity contribution < 1.29 is 0 Å². The summed E-state index contributed by atoms with van der Waals surface area (Å²) in [7, 11) is 0. The van der Waals surface area contributed by atoms with Crippen LogP contribution in [0.3, 0.4) is 0 Å². The summed E-state index contributed by atoms with van der Waals surface area (Å²) in [6.07, 6.45) is 3.69. The lowest BCUT2D eigenvalue weighted by atomic mass is 10.2. The lowest BCUT2D eigenvalue weighted by Gasteiger charge is -1.87. The van der Waals surface area contributed by atoms with E-state index in [0.717, 1.165) is 30.4 Å². The Balaban J connectivity index is 2.14. The Hall–Kier alpha value is -0.330. The van der Waals surface area contributed by atoms with Gasteiger partial charge in [-0.25, -0.2) is 0 Å². The van der Waals surface area contributed by atoms with Crippen molar-refractivity contribution in [2.75, 3.05) is 0 Å². The molecule has 0 aromatic carbocycles. The SMILES string of the molecule is N=C1CC2CC2C1. The van der Waals surface area contributed by atoms with Crippen molar-refractivity contribution in [3.8, 4) is 0 Å². The van der Waals surface area contributed by atoms with Crippen molar-refractivity contribution in [3.05, 3.63) is 0 Å². The van der Waals surface area contributed by atoms with Crippen molar-refractivity contribution >= 4 is 5.71 Å². The van der Waals surface area contributed by atoms with Gasteiger partial charge in [-0.3, -0.25) is 0 Å². The van der Waals surface area contributed by atoms with Crippen molar-refractivity contribution in [2.45, 2.75) is 19.3 Å². The fourth-order valence-corrected chi connectivity index (χ4v) is 1.53. The molecule has 0 saturated heterocycles. The van der Waals surface area contributed by atoms with Gasteiger partial charge in [0, 0.05) is 5.71 Å². The Labute approximate surface area is 43.2 Å². The van der Waals surface area contributed by atoms with Crippen LogP contribution in [0.1, 0.15) is 19.3 Å². The number of nitrogens with one attached hydrogen (secondary N) is 1. The highest BCUT2D eigenvalue weighted by Gasteiger charge is 2.43. The van der Waals surface area contributed by atoms with E-state index in [9.17, 15) is 0 Å². The second kappa shape index (κ2) is 0.908. The van der Waals surface area contributed by atoms with E-state index in [1.807, 2.05) is 0 Å². The molecule has 0 radical (unpaired) electrons. The molecule has 0 spiro atoms. The third-order valence-electron chi connectivity index (χ3n) is 2.09. The molecule has 7 heavy (non-hydrogen) atoms. The van der Waals surface area contributed by atoms with Gasteiger partial charge in [0.15, 0.2) is 0 Å². The summed E-state index contributed by atoms with van der Waals surface area (Å²) < 4.78 is 0. The molecule has 2 atom stereocenters. The molecular formula is C6H9N. The minimum Gasteiger partial charge on any atom is -0.310 e. The van der Waals surface area contributed by atoms with Gasteiger partial charge in [-0.15, -0.1) is 0 Å². The Morgan fingerprint density at radius 2 is 1.86 bits per heavy atom. The average molecular weight is 95.1 g/mol. The van der Waals surface area contributed by atoms with Gasteiger partial charge < -0.3 is 5.41 Å². The summed E-state index contributed by atoms with van der Waals surface area (Å²) in [5, 5.41) is 7.21. The minimum absolute atomic E-state index is 0.965. The van der Waals surface area contributed by atoms with Crippen LogP contribution in [0.4, 0.5) is 0 Å². The summed E-state index contributed by atoms with van der Waals surface area (Å²) in [6, 6.07) is 0. The molecule has 2 fully saturated rings. The third-order valence-corrected chi connectivity index (χ3v) is 2.09. The molecule has 0 aliphatic heterocycles. The molecule has 1 nitrogen and oxygen atoms in total. The van der Waals surface area contributed by atoms with Crippen LogP contribution < -0.4 is 0 Å². The van der Waals surface area contributed by atoms with E-state index in [0.29, 0.717) is 0 Å². The first-order valence-corrected chi connectivity index (χ1v) is 2.92. The van der Waals surface area contributed by atoms with E-state index in [1.54, 1.807) is 0 Å². The lowest BCUT2D eigenvalue weighted by Crippen LogP contribution is -1.87. The maximum absolute atomic E-state index is 7.21. The molecule has 0 aromatic rings. The molecule has 0 amide bonds. The predicted octanol–water partition coefficient (Wildman–Crippen LogP) is 1.44. The van der Waals surface area contributed by atoms with Crippen LogP contribution in [0, 0.1) is 17.2 Å². The third kappa shape index (κ3) is 0.409. The zero-order chi connectivity index (χ0) is 4.85. The summed E-state index contributed by atoms with van der Waals surface area (Å²) in [5.74, 6) is 1.93. The minimum atomic E-state index is 0.965. The van der Waals surface area contributed by atoms with Crippen molar-refractivity contribution in [2.24, 2.45) is 11.8 Å². The Morgan fingerprint density at radius 3 is 2.14 bits per heavy atom. The zero-order valence-electron chi connectivity index (χ0n) is 4.28. The maximum atomic E-state index is 7.21. The molecule has 0 aromatic heterocycles. The maximum Gasteiger partial charge on any atom is 0.00949 e. The topological polar surface area (TPSA) is 23.9 Å². The van der Waals surface area contributed by atoms with E-state index < -0.39 is 0 Å². The molecule has 2 aliphatic rings. The van der Waals surface area contributed by atoms with Crippen LogP contribution >= 0.6 is 0 Å². The molecule has 2 aliphatic carbocycles. The zero-order valence-corrected chi connectivity index (χ0v) is 4.28. The quantitative estimate of drug-likeness (QED) is 0.470. The fraction of sp³-hybridized carbons (Fsp3) is 0.833. The first-order chi connectivity index (χ1) is 3.36. The lowest BCUT2D eigenvalue weighted by molar-refractivity contribution is 0.834. The first-order valence-electron chi connectivity index (χ1n) is 2.92. The Morgan fingerprint density at radius 1 is 1.29 bits per heavy atom. The van der Waals surface area contributed by atoms with Crippen molar-refractivity contribution in [3.63, 3.8) is 0 Å². The average Bonchev–Trinajstić information content (AvgIpc) is 2.15. The van der Waals surface area contributed by atoms with E-state index in [1.165, 1.54) is 6.42 Å². The van der Waals surface area contributed by atoms with Gasteiger partial charge in [0.1, 0.15) is 0 Å². The highest BCUT2D eigenvalue weighted by Crippen LogP contribution is 2.49. The number of hydrogen-bond donors (Lipinski definition) is 1. The van der Waals surface area contributed by atoms with E-state index in [-0.39, 0.29) is 0 Å². The van der Waals surface area contributed by atoms with Crippen molar-refractivity contribution in [1.29, 1.82) is 5.41 Å². The molecule has 1 heteroatoms. The van der Waals surface area contributed by atoms with Crippen LogP contribution in [-0.2, 0) is 0 Å². The molecule has 1 N–H and O–H groups in total. The monoisotopic (exact) mass is 95.1 g/mol. The number of hydrogen-bond acceptors (Lipinski definition) is 1. The predicted molar refractivity (Wildman–Crippen MR) is 28.6 cm³/mol. The van der Waals surface area contributed by atoms with Crippen LogP contribution in [0.5, 0.6) is 0 Å². The van der Waals surface area contributed by atoms with Crippen LogP contribution in [0.25, 0.3) is 0 Å². The number of fused-ring (bicyclic) bond motifs is 1. The van der Waals surface area contributed by atoms with Gasteiger partial charge in [-0.05, 0) is 31.1 Å².